The van der Waals surface area contributed by atoms with Crippen LogP contribution in [0, 0.1) is 0 Å². The molecule has 1 heterocycles. The third kappa shape index (κ3) is 5.28. The zero-order valence-electron chi connectivity index (χ0n) is 17.9. The number of oxime groups is 1. The molecule has 0 radical (unpaired) electrons. The zero-order chi connectivity index (χ0) is 22.6. The normalized spacial score (nSPS) is 14.4. The van der Waals surface area contributed by atoms with Crippen LogP contribution in [0.2, 0.25) is 0 Å². The van der Waals surface area contributed by atoms with Crippen LogP contribution in [0.3, 0.4) is 0 Å². The van der Waals surface area contributed by atoms with Gasteiger partial charge < -0.3 is 14.3 Å². The molecule has 0 saturated heterocycles. The van der Waals surface area contributed by atoms with Crippen LogP contribution in [-0.2, 0) is 30.5 Å². The van der Waals surface area contributed by atoms with Gasteiger partial charge in [-0.2, -0.15) is 0 Å². The van der Waals surface area contributed by atoms with Crippen LogP contribution >= 0.6 is 0 Å². The third-order valence-electron chi connectivity index (χ3n) is 4.37. The molecule has 162 valence electrons. The minimum atomic E-state index is -0.650. The summed E-state index contributed by atoms with van der Waals surface area (Å²) >= 11 is 0. The van der Waals surface area contributed by atoms with Crippen molar-refractivity contribution in [1.82, 2.24) is 0 Å². The molecule has 0 spiro atoms. The fraction of sp³-hybridized carbons (Fsp3) is 0.304. The maximum atomic E-state index is 12.9. The molecule has 31 heavy (non-hydrogen) atoms. The van der Waals surface area contributed by atoms with Crippen molar-refractivity contribution in [3.8, 4) is 0 Å². The molecule has 0 fully saturated rings. The summed E-state index contributed by atoms with van der Waals surface area (Å²) in [6, 6.07) is 13.7. The SMILES string of the molecule is COC(=O)c1ccc(CON=C2C(=O)N(CC(=O)OC(C)(C)C)c3ccccc32)cc1. The van der Waals surface area contributed by atoms with E-state index >= 15 is 0 Å². The number of rotatable bonds is 6. The Bertz CT molecular complexity index is 1020. The van der Waals surface area contributed by atoms with Gasteiger partial charge in [-0.05, 0) is 44.5 Å². The lowest BCUT2D eigenvalue weighted by atomic mass is 10.1. The number of nitrogens with zero attached hydrogens (tertiary/aromatic N) is 2. The van der Waals surface area contributed by atoms with Crippen molar-refractivity contribution >= 4 is 29.2 Å². The molecule has 0 saturated carbocycles. The summed E-state index contributed by atoms with van der Waals surface area (Å²) in [5.74, 6) is -1.37. The molecule has 0 bridgehead atoms. The molecule has 0 N–H and O–H groups in total. The number of carbonyl (C=O) groups excluding carboxylic acids is 3. The van der Waals surface area contributed by atoms with Crippen LogP contribution in [-0.4, -0.2) is 42.8 Å². The van der Waals surface area contributed by atoms with E-state index in [9.17, 15) is 14.4 Å². The first-order valence-electron chi connectivity index (χ1n) is 9.70. The molecule has 1 amide bonds. The number of anilines is 1. The minimum absolute atomic E-state index is 0.104. The molecule has 0 atom stereocenters. The Balaban J connectivity index is 1.72. The quantitative estimate of drug-likeness (QED) is 0.523. The average Bonchev–Trinajstić information content (AvgIpc) is 2.98. The van der Waals surface area contributed by atoms with Crippen molar-refractivity contribution in [2.75, 3.05) is 18.6 Å². The summed E-state index contributed by atoms with van der Waals surface area (Å²) in [6.07, 6.45) is 0. The van der Waals surface area contributed by atoms with Gasteiger partial charge in [0.2, 0.25) is 0 Å². The molecule has 1 aliphatic heterocycles. The standard InChI is InChI=1S/C23H24N2O6/c1-23(2,3)31-19(26)13-25-18-8-6-5-7-17(18)20(21(25)27)24-30-14-15-9-11-16(12-10-15)22(28)29-4/h5-12H,13-14H2,1-4H3. The lowest BCUT2D eigenvalue weighted by Gasteiger charge is -2.22. The first kappa shape index (κ1) is 22.0. The molecule has 0 aromatic heterocycles. The molecule has 1 aliphatic rings. The van der Waals surface area contributed by atoms with E-state index in [-0.39, 0.29) is 18.9 Å². The lowest BCUT2D eigenvalue weighted by Crippen LogP contribution is -2.38. The smallest absolute Gasteiger partial charge is 0.337 e. The number of ether oxygens (including phenoxy) is 2. The number of para-hydroxylation sites is 1. The van der Waals surface area contributed by atoms with E-state index in [4.69, 9.17) is 9.57 Å². The second kappa shape index (κ2) is 8.99. The van der Waals surface area contributed by atoms with E-state index in [2.05, 4.69) is 9.89 Å². The van der Waals surface area contributed by atoms with E-state index in [0.29, 0.717) is 16.8 Å². The Kier molecular flexibility index (Phi) is 6.39. The largest absolute Gasteiger partial charge is 0.465 e. The number of carbonyl (C=O) groups is 3. The Labute approximate surface area is 180 Å². The topological polar surface area (TPSA) is 94.5 Å². The molecule has 3 rings (SSSR count). The predicted octanol–water partition coefficient (Wildman–Crippen LogP) is 3.08. The predicted molar refractivity (Wildman–Crippen MR) is 114 cm³/mol. The molecular formula is C23H24N2O6. The second-order valence-corrected chi connectivity index (χ2v) is 7.90. The van der Waals surface area contributed by atoms with Crippen LogP contribution in [0.25, 0.3) is 0 Å². The lowest BCUT2D eigenvalue weighted by molar-refractivity contribution is -0.153. The molecule has 0 aliphatic carbocycles. The van der Waals surface area contributed by atoms with Gasteiger partial charge in [-0.1, -0.05) is 35.5 Å². The summed E-state index contributed by atoms with van der Waals surface area (Å²) in [7, 11) is 1.32. The maximum absolute atomic E-state index is 12.9. The van der Waals surface area contributed by atoms with E-state index in [1.165, 1.54) is 12.0 Å². The van der Waals surface area contributed by atoms with Crippen LogP contribution < -0.4 is 4.90 Å². The molecule has 8 nitrogen and oxygen atoms in total. The zero-order valence-corrected chi connectivity index (χ0v) is 17.9. The number of hydrogen-bond donors (Lipinski definition) is 0. The van der Waals surface area contributed by atoms with Gasteiger partial charge in [0, 0.05) is 5.56 Å². The van der Waals surface area contributed by atoms with Crippen LogP contribution in [0.5, 0.6) is 0 Å². The maximum Gasteiger partial charge on any atom is 0.337 e. The van der Waals surface area contributed by atoms with E-state index in [1.54, 1.807) is 69.3 Å². The number of hydrogen-bond acceptors (Lipinski definition) is 7. The highest BCUT2D eigenvalue weighted by atomic mass is 16.6. The minimum Gasteiger partial charge on any atom is -0.465 e. The number of fused-ring (bicyclic) bond motifs is 1. The van der Waals surface area contributed by atoms with E-state index < -0.39 is 23.4 Å². The first-order valence-corrected chi connectivity index (χ1v) is 9.70. The van der Waals surface area contributed by atoms with Gasteiger partial charge in [0.25, 0.3) is 5.91 Å². The Hall–Kier alpha value is -3.68. The van der Waals surface area contributed by atoms with Gasteiger partial charge in [0.05, 0.1) is 18.4 Å². The summed E-state index contributed by atoms with van der Waals surface area (Å²) in [4.78, 5) is 43.4. The van der Waals surface area contributed by atoms with Crippen molar-refractivity contribution in [3.05, 3.63) is 65.2 Å². The van der Waals surface area contributed by atoms with Crippen LogP contribution in [0.15, 0.2) is 53.7 Å². The fourth-order valence-electron chi connectivity index (χ4n) is 3.04. The fourth-order valence-corrected chi connectivity index (χ4v) is 3.04. The van der Waals surface area contributed by atoms with Gasteiger partial charge in [-0.3, -0.25) is 14.5 Å². The highest BCUT2D eigenvalue weighted by Crippen LogP contribution is 2.29. The van der Waals surface area contributed by atoms with Crippen LogP contribution in [0.1, 0.15) is 42.3 Å². The van der Waals surface area contributed by atoms with Gasteiger partial charge in [0.1, 0.15) is 18.8 Å². The van der Waals surface area contributed by atoms with Crippen LogP contribution in [0.4, 0.5) is 5.69 Å². The third-order valence-corrected chi connectivity index (χ3v) is 4.37. The molecule has 2 aromatic carbocycles. The summed E-state index contributed by atoms with van der Waals surface area (Å²) in [5, 5.41) is 4.03. The monoisotopic (exact) mass is 424 g/mol. The van der Waals surface area contributed by atoms with Crippen molar-refractivity contribution in [2.45, 2.75) is 33.0 Å². The van der Waals surface area contributed by atoms with Gasteiger partial charge in [0.15, 0.2) is 5.71 Å². The van der Waals surface area contributed by atoms with Crippen molar-refractivity contribution in [1.29, 1.82) is 0 Å². The van der Waals surface area contributed by atoms with E-state index in [1.807, 2.05) is 0 Å². The van der Waals surface area contributed by atoms with E-state index in [0.717, 1.165) is 5.56 Å². The number of esters is 2. The highest BCUT2D eigenvalue weighted by molar-refractivity contribution is 6.54. The molecule has 8 heteroatoms. The van der Waals surface area contributed by atoms with Gasteiger partial charge in [-0.15, -0.1) is 0 Å². The Morgan fingerprint density at radius 1 is 1.03 bits per heavy atom. The van der Waals surface area contributed by atoms with Gasteiger partial charge >= 0.3 is 11.9 Å². The first-order chi connectivity index (χ1) is 14.7. The molecular weight excluding hydrogens is 400 g/mol. The molecule has 2 aromatic rings. The van der Waals surface area contributed by atoms with Crippen molar-refractivity contribution in [2.24, 2.45) is 5.16 Å². The highest BCUT2D eigenvalue weighted by Gasteiger charge is 2.36. The van der Waals surface area contributed by atoms with Gasteiger partial charge in [-0.25, -0.2) is 4.79 Å². The average molecular weight is 424 g/mol. The van der Waals surface area contributed by atoms with Crippen molar-refractivity contribution in [3.63, 3.8) is 0 Å². The summed E-state index contributed by atoms with van der Waals surface area (Å²) in [6.45, 7) is 5.18. The number of benzene rings is 2. The Morgan fingerprint density at radius 2 is 1.71 bits per heavy atom. The summed E-state index contributed by atoms with van der Waals surface area (Å²) < 4.78 is 10.0. The number of amides is 1. The van der Waals surface area contributed by atoms with Crippen molar-refractivity contribution < 1.29 is 28.7 Å². The molecule has 0 unspecified atom stereocenters. The second-order valence-electron chi connectivity index (χ2n) is 7.90. The number of methoxy groups -OCH3 is 1. The summed E-state index contributed by atoms with van der Waals surface area (Å²) in [5.41, 5.74) is 1.81. The Morgan fingerprint density at radius 3 is 2.35 bits per heavy atom.